The molecule has 1 N–H and O–H groups in total. The molecule has 0 heterocycles. The van der Waals surface area contributed by atoms with E-state index in [0.29, 0.717) is 23.1 Å². The summed E-state index contributed by atoms with van der Waals surface area (Å²) in [5.74, 6) is 0.724. The summed E-state index contributed by atoms with van der Waals surface area (Å²) in [4.78, 5) is 4.23. The van der Waals surface area contributed by atoms with Gasteiger partial charge in [-0.3, -0.25) is 4.99 Å². The normalized spacial score (nSPS) is 10.8. The first kappa shape index (κ1) is 13.4. The topological polar surface area (TPSA) is 41.8 Å². The number of phenolic OH excluding ortho intramolecular Hbond substituents is 1. The molecule has 0 aliphatic carbocycles. The molecule has 4 heteroatoms. The number of nitrogens with zero attached hydrogens (tertiary/aromatic N) is 1. The van der Waals surface area contributed by atoms with Crippen molar-refractivity contribution in [2.45, 2.75) is 6.92 Å². The summed E-state index contributed by atoms with van der Waals surface area (Å²) in [7, 11) is 0. The zero-order valence-corrected chi connectivity index (χ0v) is 11.3. The summed E-state index contributed by atoms with van der Waals surface area (Å²) >= 11 is 5.80. The number of hydrogen-bond donors (Lipinski definition) is 1. The molecule has 0 radical (unpaired) electrons. The van der Waals surface area contributed by atoms with Crippen LogP contribution in [0.2, 0.25) is 5.02 Å². The molecule has 19 heavy (non-hydrogen) atoms. The van der Waals surface area contributed by atoms with Crippen LogP contribution in [0.1, 0.15) is 12.5 Å². The Morgan fingerprint density at radius 3 is 2.58 bits per heavy atom. The van der Waals surface area contributed by atoms with Crippen LogP contribution < -0.4 is 4.74 Å². The molecule has 2 aromatic rings. The van der Waals surface area contributed by atoms with Crippen molar-refractivity contribution in [1.82, 2.24) is 0 Å². The average Bonchev–Trinajstić information content (AvgIpc) is 2.40. The fourth-order valence-electron chi connectivity index (χ4n) is 1.56. The Bertz CT molecular complexity index is 579. The summed E-state index contributed by atoms with van der Waals surface area (Å²) in [6.07, 6.45) is 1.67. The third-order valence-corrected chi connectivity index (χ3v) is 2.73. The smallest absolute Gasteiger partial charge is 0.144 e. The number of aromatic hydroxyl groups is 1. The molecule has 0 aliphatic rings. The molecule has 0 saturated heterocycles. The van der Waals surface area contributed by atoms with Gasteiger partial charge in [0, 0.05) is 17.3 Å². The molecule has 0 fully saturated rings. The van der Waals surface area contributed by atoms with Crippen molar-refractivity contribution in [2.75, 3.05) is 6.61 Å². The Morgan fingerprint density at radius 2 is 1.95 bits per heavy atom. The van der Waals surface area contributed by atoms with Gasteiger partial charge in [-0.05, 0) is 36.8 Å². The van der Waals surface area contributed by atoms with Gasteiger partial charge in [-0.25, -0.2) is 0 Å². The molecule has 0 bridgehead atoms. The zero-order valence-electron chi connectivity index (χ0n) is 10.5. The molecule has 3 nitrogen and oxygen atoms in total. The third-order valence-electron chi connectivity index (χ3n) is 2.48. The lowest BCUT2D eigenvalue weighted by atomic mass is 10.2. The van der Waals surface area contributed by atoms with Crippen LogP contribution in [0.4, 0.5) is 5.69 Å². The largest absolute Gasteiger partial charge is 0.506 e. The number of benzene rings is 2. The van der Waals surface area contributed by atoms with Gasteiger partial charge in [-0.2, -0.15) is 0 Å². The zero-order chi connectivity index (χ0) is 13.7. The summed E-state index contributed by atoms with van der Waals surface area (Å²) in [6, 6.07) is 12.3. The van der Waals surface area contributed by atoms with Gasteiger partial charge in [0.1, 0.15) is 17.2 Å². The van der Waals surface area contributed by atoms with Gasteiger partial charge in [0.2, 0.25) is 0 Å². The molecule has 0 spiro atoms. The predicted octanol–water partition coefficient (Wildman–Crippen LogP) is 4.19. The molecule has 2 rings (SSSR count). The van der Waals surface area contributed by atoms with Crippen LogP contribution in [0.5, 0.6) is 11.5 Å². The summed E-state index contributed by atoms with van der Waals surface area (Å²) in [5.41, 5.74) is 1.41. The van der Waals surface area contributed by atoms with Crippen LogP contribution in [-0.2, 0) is 0 Å². The highest BCUT2D eigenvalue weighted by Crippen LogP contribution is 2.30. The number of rotatable bonds is 4. The van der Waals surface area contributed by atoms with E-state index in [1.807, 2.05) is 19.1 Å². The van der Waals surface area contributed by atoms with Crippen molar-refractivity contribution in [1.29, 1.82) is 0 Å². The Labute approximate surface area is 117 Å². The average molecular weight is 276 g/mol. The van der Waals surface area contributed by atoms with Crippen molar-refractivity contribution in [3.8, 4) is 11.5 Å². The first-order valence-corrected chi connectivity index (χ1v) is 6.32. The summed E-state index contributed by atoms with van der Waals surface area (Å²) in [6.45, 7) is 2.45. The molecule has 0 saturated carbocycles. The van der Waals surface area contributed by atoms with E-state index in [9.17, 15) is 5.11 Å². The van der Waals surface area contributed by atoms with Gasteiger partial charge in [0.05, 0.1) is 6.61 Å². The quantitative estimate of drug-likeness (QED) is 0.850. The van der Waals surface area contributed by atoms with Crippen LogP contribution >= 0.6 is 11.6 Å². The van der Waals surface area contributed by atoms with Crippen LogP contribution in [0.15, 0.2) is 47.5 Å². The summed E-state index contributed by atoms with van der Waals surface area (Å²) < 4.78 is 5.29. The first-order valence-electron chi connectivity index (χ1n) is 5.94. The van der Waals surface area contributed by atoms with Crippen LogP contribution in [0.25, 0.3) is 0 Å². The minimum absolute atomic E-state index is 0.0937. The lowest BCUT2D eigenvalue weighted by Crippen LogP contribution is -1.90. The monoisotopic (exact) mass is 275 g/mol. The summed E-state index contributed by atoms with van der Waals surface area (Å²) in [5, 5.41) is 10.5. The second-order valence-corrected chi connectivity index (χ2v) is 4.33. The van der Waals surface area contributed by atoms with Crippen molar-refractivity contribution in [3.63, 3.8) is 0 Å². The number of phenols is 1. The first-order chi connectivity index (χ1) is 9.19. The van der Waals surface area contributed by atoms with Crippen LogP contribution in [-0.4, -0.2) is 17.9 Å². The van der Waals surface area contributed by atoms with E-state index >= 15 is 0 Å². The molecule has 0 atom stereocenters. The van der Waals surface area contributed by atoms with Crippen molar-refractivity contribution in [2.24, 2.45) is 4.99 Å². The van der Waals surface area contributed by atoms with E-state index < -0.39 is 0 Å². The Kier molecular flexibility index (Phi) is 4.42. The molecule has 0 amide bonds. The number of halogens is 1. The maximum atomic E-state index is 9.83. The molecular weight excluding hydrogens is 262 g/mol. The van der Waals surface area contributed by atoms with E-state index in [-0.39, 0.29) is 5.75 Å². The van der Waals surface area contributed by atoms with Gasteiger partial charge in [-0.15, -0.1) is 0 Å². The van der Waals surface area contributed by atoms with Gasteiger partial charge in [0.15, 0.2) is 0 Å². The number of ether oxygens (including phenoxy) is 1. The van der Waals surface area contributed by atoms with Gasteiger partial charge in [0.25, 0.3) is 0 Å². The molecule has 98 valence electrons. The standard InChI is InChI=1S/C15H14ClNO2/c1-2-19-13-7-8-14(15(18)9-13)17-10-11-3-5-12(16)6-4-11/h3-10,18H,2H2,1H3. The fourth-order valence-corrected chi connectivity index (χ4v) is 1.69. The van der Waals surface area contributed by atoms with E-state index in [1.165, 1.54) is 0 Å². The molecule has 0 aliphatic heterocycles. The highest BCUT2D eigenvalue weighted by molar-refractivity contribution is 6.30. The third kappa shape index (κ3) is 3.73. The minimum Gasteiger partial charge on any atom is -0.506 e. The highest BCUT2D eigenvalue weighted by atomic mass is 35.5. The molecular formula is C15H14ClNO2. The predicted molar refractivity (Wildman–Crippen MR) is 78.0 cm³/mol. The highest BCUT2D eigenvalue weighted by Gasteiger charge is 2.01. The van der Waals surface area contributed by atoms with Gasteiger partial charge < -0.3 is 9.84 Å². The maximum Gasteiger partial charge on any atom is 0.144 e. The van der Waals surface area contributed by atoms with E-state index in [0.717, 1.165) is 5.56 Å². The molecule has 0 aromatic heterocycles. The van der Waals surface area contributed by atoms with Crippen molar-refractivity contribution in [3.05, 3.63) is 53.1 Å². The van der Waals surface area contributed by atoms with Crippen LogP contribution in [0, 0.1) is 0 Å². The fraction of sp³-hybridized carbons (Fsp3) is 0.133. The maximum absolute atomic E-state index is 9.83. The lowest BCUT2D eigenvalue weighted by molar-refractivity contribution is 0.338. The van der Waals surface area contributed by atoms with E-state index in [4.69, 9.17) is 16.3 Å². The van der Waals surface area contributed by atoms with Crippen LogP contribution in [0.3, 0.4) is 0 Å². The Hall–Kier alpha value is -2.00. The van der Waals surface area contributed by atoms with E-state index in [1.54, 1.807) is 36.5 Å². The SMILES string of the molecule is CCOc1ccc(N=Cc2ccc(Cl)cc2)c(O)c1. The van der Waals surface area contributed by atoms with Gasteiger partial charge >= 0.3 is 0 Å². The van der Waals surface area contributed by atoms with Gasteiger partial charge in [-0.1, -0.05) is 23.7 Å². The number of hydrogen-bond acceptors (Lipinski definition) is 3. The number of aliphatic imine (C=N–C) groups is 1. The van der Waals surface area contributed by atoms with E-state index in [2.05, 4.69) is 4.99 Å². The molecule has 2 aromatic carbocycles. The Morgan fingerprint density at radius 1 is 1.21 bits per heavy atom. The minimum atomic E-state index is 0.0937. The second-order valence-electron chi connectivity index (χ2n) is 3.89. The van der Waals surface area contributed by atoms with Crippen molar-refractivity contribution < 1.29 is 9.84 Å². The Balaban J connectivity index is 2.16. The lowest BCUT2D eigenvalue weighted by Gasteiger charge is -2.04. The van der Waals surface area contributed by atoms with Crippen molar-refractivity contribution >= 4 is 23.5 Å². The molecule has 0 unspecified atom stereocenters. The second kappa shape index (κ2) is 6.25.